The van der Waals surface area contributed by atoms with Crippen molar-refractivity contribution < 1.29 is 19.3 Å². The third-order valence-corrected chi connectivity index (χ3v) is 4.03. The Labute approximate surface area is 123 Å². The maximum absolute atomic E-state index is 13.3. The number of aromatic nitrogens is 4. The highest BCUT2D eigenvalue weighted by molar-refractivity contribution is 7.98. The molecule has 10 heteroatoms. The van der Waals surface area contributed by atoms with Crippen LogP contribution in [0, 0.1) is 6.08 Å². The predicted molar refractivity (Wildman–Crippen MR) is 74.0 cm³/mol. The highest BCUT2D eigenvalue weighted by Gasteiger charge is 2.44. The maximum Gasteiger partial charge on any atom is 0.312 e. The van der Waals surface area contributed by atoms with Crippen LogP contribution in [0.15, 0.2) is 6.33 Å². The molecule has 2 aromatic heterocycles. The third kappa shape index (κ3) is 2.33. The molecule has 3 heterocycles. The summed E-state index contributed by atoms with van der Waals surface area (Å²) in [7, 11) is 0. The average Bonchev–Trinajstić information content (AvgIpc) is 2.96. The highest BCUT2D eigenvalue weighted by Crippen LogP contribution is 2.33. The molecule has 4 atom stereocenters. The molecule has 21 heavy (non-hydrogen) atoms. The Hall–Kier alpha value is -1.49. The summed E-state index contributed by atoms with van der Waals surface area (Å²) in [6.45, 7) is 0. The molecule has 8 nitrogen and oxygen atoms in total. The molecule has 0 unspecified atom stereocenters. The number of rotatable bonds is 3. The standard InChI is InChI=1S/C11H14FN5O3S/c1-21-2-4-6(18)7(19)10(20-4)17-3-14-5-8(13)15-11(12)16-9(5)17/h3-4,6-7,10,18-19H,2H2,1H3,(H2,13,15,16)/t4-,6-,7-,10-/m1/s1. The molecule has 0 radical (unpaired) electrons. The van der Waals surface area contributed by atoms with Crippen molar-refractivity contribution in [1.29, 1.82) is 0 Å². The van der Waals surface area contributed by atoms with Crippen LogP contribution in [0.25, 0.3) is 11.2 Å². The lowest BCUT2D eigenvalue weighted by molar-refractivity contribution is -0.0289. The quantitative estimate of drug-likeness (QED) is 0.650. The molecule has 0 spiro atoms. The summed E-state index contributed by atoms with van der Waals surface area (Å²) in [4.78, 5) is 11.0. The van der Waals surface area contributed by atoms with E-state index in [4.69, 9.17) is 10.5 Å². The number of nitrogen functional groups attached to an aromatic ring is 1. The van der Waals surface area contributed by atoms with Gasteiger partial charge in [0.2, 0.25) is 0 Å². The monoisotopic (exact) mass is 315 g/mol. The summed E-state index contributed by atoms with van der Waals surface area (Å²) in [5, 5.41) is 20.1. The Balaban J connectivity index is 2.01. The smallest absolute Gasteiger partial charge is 0.312 e. The van der Waals surface area contributed by atoms with E-state index >= 15 is 0 Å². The number of thioether (sulfide) groups is 1. The molecule has 4 N–H and O–H groups in total. The molecule has 3 rings (SSSR count). The fraction of sp³-hybridized carbons (Fsp3) is 0.545. The Morgan fingerprint density at radius 2 is 2.19 bits per heavy atom. The molecule has 1 fully saturated rings. The van der Waals surface area contributed by atoms with Crippen molar-refractivity contribution in [2.45, 2.75) is 24.5 Å². The van der Waals surface area contributed by atoms with Crippen molar-refractivity contribution in [3.05, 3.63) is 12.4 Å². The molecule has 1 aliphatic heterocycles. The highest BCUT2D eigenvalue weighted by atomic mass is 32.2. The predicted octanol–water partition coefficient (Wildman–Crippen LogP) is -0.470. The summed E-state index contributed by atoms with van der Waals surface area (Å²) in [6, 6.07) is 0. The first-order chi connectivity index (χ1) is 10.0. The minimum absolute atomic E-state index is 0.0926. The van der Waals surface area contributed by atoms with E-state index in [2.05, 4.69) is 15.0 Å². The van der Waals surface area contributed by atoms with E-state index in [1.165, 1.54) is 22.7 Å². The first-order valence-corrected chi connectivity index (χ1v) is 7.58. The molecule has 0 saturated carbocycles. The van der Waals surface area contributed by atoms with Crippen molar-refractivity contribution in [2.75, 3.05) is 17.7 Å². The number of aliphatic hydroxyl groups is 2. The zero-order valence-electron chi connectivity index (χ0n) is 11.0. The SMILES string of the molecule is CSC[C@H]1O[C@@H](n2cnc3c(N)nc(F)nc32)[C@H](O)[C@@H]1O. The zero-order valence-corrected chi connectivity index (χ0v) is 11.9. The van der Waals surface area contributed by atoms with E-state index in [1.807, 2.05) is 6.26 Å². The number of nitrogens with zero attached hydrogens (tertiary/aromatic N) is 4. The molecule has 0 bridgehead atoms. The van der Waals surface area contributed by atoms with Crippen molar-refractivity contribution in [3.63, 3.8) is 0 Å². The Morgan fingerprint density at radius 1 is 1.43 bits per heavy atom. The topological polar surface area (TPSA) is 119 Å². The van der Waals surface area contributed by atoms with Crippen LogP contribution in [0.4, 0.5) is 10.2 Å². The Bertz CT molecular complexity index is 669. The molecule has 2 aromatic rings. The number of ether oxygens (including phenoxy) is 1. The molecule has 0 aliphatic carbocycles. The van der Waals surface area contributed by atoms with E-state index in [9.17, 15) is 14.6 Å². The molecular weight excluding hydrogens is 301 g/mol. The van der Waals surface area contributed by atoms with Gasteiger partial charge in [0, 0.05) is 5.75 Å². The van der Waals surface area contributed by atoms with Crippen molar-refractivity contribution in [3.8, 4) is 0 Å². The van der Waals surface area contributed by atoms with E-state index in [1.54, 1.807) is 0 Å². The van der Waals surface area contributed by atoms with Gasteiger partial charge in [-0.25, -0.2) is 4.98 Å². The Morgan fingerprint density at radius 3 is 2.90 bits per heavy atom. The lowest BCUT2D eigenvalue weighted by Gasteiger charge is -2.16. The molecular formula is C11H14FN5O3S. The van der Waals surface area contributed by atoms with E-state index in [-0.39, 0.29) is 17.0 Å². The van der Waals surface area contributed by atoms with Crippen molar-refractivity contribution in [2.24, 2.45) is 0 Å². The molecule has 0 amide bonds. The summed E-state index contributed by atoms with van der Waals surface area (Å²) < 4.78 is 20.3. The fourth-order valence-electron chi connectivity index (χ4n) is 2.36. The van der Waals surface area contributed by atoms with Crippen LogP contribution in [0.3, 0.4) is 0 Å². The van der Waals surface area contributed by atoms with Crippen LogP contribution in [-0.2, 0) is 4.74 Å². The largest absolute Gasteiger partial charge is 0.387 e. The van der Waals surface area contributed by atoms with Gasteiger partial charge in [-0.1, -0.05) is 0 Å². The van der Waals surface area contributed by atoms with Crippen LogP contribution >= 0.6 is 11.8 Å². The van der Waals surface area contributed by atoms with Crippen molar-refractivity contribution >= 4 is 28.7 Å². The second-order valence-electron chi connectivity index (χ2n) is 4.70. The number of aliphatic hydroxyl groups excluding tert-OH is 2. The van der Waals surface area contributed by atoms with Crippen LogP contribution < -0.4 is 5.73 Å². The van der Waals surface area contributed by atoms with E-state index in [0.29, 0.717) is 5.75 Å². The third-order valence-electron chi connectivity index (χ3n) is 3.36. The molecule has 1 aliphatic rings. The lowest BCUT2D eigenvalue weighted by atomic mass is 10.1. The van der Waals surface area contributed by atoms with Crippen LogP contribution in [0.1, 0.15) is 6.23 Å². The van der Waals surface area contributed by atoms with Gasteiger partial charge in [0.1, 0.15) is 12.2 Å². The van der Waals surface area contributed by atoms with E-state index < -0.39 is 30.6 Å². The molecule has 1 saturated heterocycles. The van der Waals surface area contributed by atoms with Gasteiger partial charge >= 0.3 is 6.08 Å². The number of halogens is 1. The van der Waals surface area contributed by atoms with Gasteiger partial charge in [0.25, 0.3) is 0 Å². The van der Waals surface area contributed by atoms with E-state index in [0.717, 1.165) is 0 Å². The normalized spacial score (nSPS) is 29.3. The summed E-state index contributed by atoms with van der Waals surface area (Å²) in [5.74, 6) is 0.428. The number of hydrogen-bond donors (Lipinski definition) is 3. The van der Waals surface area contributed by atoms with Crippen molar-refractivity contribution in [1.82, 2.24) is 19.5 Å². The van der Waals surface area contributed by atoms with Gasteiger partial charge < -0.3 is 20.7 Å². The number of nitrogens with two attached hydrogens (primary N) is 1. The maximum atomic E-state index is 13.3. The molecule has 114 valence electrons. The number of anilines is 1. The summed E-state index contributed by atoms with van der Waals surface area (Å²) >= 11 is 1.49. The van der Waals surface area contributed by atoms with Gasteiger partial charge in [0.15, 0.2) is 23.2 Å². The first kappa shape index (κ1) is 14.4. The number of hydrogen-bond acceptors (Lipinski definition) is 8. The second kappa shape index (κ2) is 5.37. The second-order valence-corrected chi connectivity index (χ2v) is 5.61. The number of fused-ring (bicyclic) bond motifs is 1. The summed E-state index contributed by atoms with van der Waals surface area (Å²) in [5.41, 5.74) is 5.91. The average molecular weight is 315 g/mol. The van der Waals surface area contributed by atoms with Gasteiger partial charge in [-0.2, -0.15) is 26.1 Å². The lowest BCUT2D eigenvalue weighted by Crippen LogP contribution is -2.32. The van der Waals surface area contributed by atoms with Crippen LogP contribution in [0.2, 0.25) is 0 Å². The minimum atomic E-state index is -1.17. The zero-order chi connectivity index (χ0) is 15.1. The van der Waals surface area contributed by atoms with Crippen LogP contribution in [-0.4, -0.2) is 60.1 Å². The molecule has 0 aromatic carbocycles. The summed E-state index contributed by atoms with van der Waals surface area (Å²) in [6.07, 6.45) is -1.43. The van der Waals surface area contributed by atoms with Gasteiger partial charge in [-0.3, -0.25) is 4.57 Å². The van der Waals surface area contributed by atoms with Gasteiger partial charge in [-0.15, -0.1) is 0 Å². The first-order valence-electron chi connectivity index (χ1n) is 6.19. The number of imidazole rings is 1. The Kier molecular flexibility index (Phi) is 3.69. The van der Waals surface area contributed by atoms with Crippen LogP contribution in [0.5, 0.6) is 0 Å². The van der Waals surface area contributed by atoms with Gasteiger partial charge in [0.05, 0.1) is 12.4 Å². The fourth-order valence-corrected chi connectivity index (χ4v) is 2.96. The van der Waals surface area contributed by atoms with Gasteiger partial charge in [-0.05, 0) is 6.26 Å². The minimum Gasteiger partial charge on any atom is -0.387 e.